The van der Waals surface area contributed by atoms with E-state index in [0.717, 1.165) is 17.7 Å². The summed E-state index contributed by atoms with van der Waals surface area (Å²) in [4.78, 5) is 38.9. The van der Waals surface area contributed by atoms with Crippen molar-refractivity contribution in [2.75, 3.05) is 11.4 Å². The predicted molar refractivity (Wildman–Crippen MR) is 139 cm³/mol. The highest BCUT2D eigenvalue weighted by Crippen LogP contribution is 2.53. The summed E-state index contributed by atoms with van der Waals surface area (Å²) in [5, 5.41) is 0. The molecule has 0 aliphatic carbocycles. The van der Waals surface area contributed by atoms with Gasteiger partial charge in [0.25, 0.3) is 5.91 Å². The molecule has 1 saturated heterocycles. The molecule has 4 aromatic rings. The van der Waals surface area contributed by atoms with Crippen LogP contribution < -0.4 is 9.64 Å². The van der Waals surface area contributed by atoms with E-state index in [-0.39, 0.29) is 24.7 Å². The minimum Gasteiger partial charge on any atom is -0.447 e. The van der Waals surface area contributed by atoms with E-state index in [0.29, 0.717) is 22.6 Å². The summed E-state index contributed by atoms with van der Waals surface area (Å²) in [5.74, 6) is -2.40. The van der Waals surface area contributed by atoms with Crippen LogP contribution in [0.25, 0.3) is 0 Å². The van der Waals surface area contributed by atoms with Crippen molar-refractivity contribution in [2.24, 2.45) is 0 Å². The zero-order chi connectivity index (χ0) is 27.3. The third kappa shape index (κ3) is 3.84. The SMILES string of the molecule is Cc1cc(C)nc(OC2C(=O)N3CC(=O)N(Cc4c(F)cccc4F)c4ccccc4C23c2ccccc2)n1. The number of aromatic nitrogens is 2. The molecule has 0 spiro atoms. The number of carbonyl (C=O) groups is 2. The van der Waals surface area contributed by atoms with Crippen molar-refractivity contribution < 1.29 is 23.1 Å². The van der Waals surface area contributed by atoms with Gasteiger partial charge in [-0.15, -0.1) is 0 Å². The second-order valence-electron chi connectivity index (χ2n) is 9.69. The fourth-order valence-corrected chi connectivity index (χ4v) is 5.60. The molecule has 0 saturated carbocycles. The normalized spacial score (nSPS) is 20.2. The first kappa shape index (κ1) is 24.7. The van der Waals surface area contributed by atoms with E-state index < -0.39 is 35.1 Å². The Hall–Kier alpha value is -4.66. The lowest BCUT2D eigenvalue weighted by atomic mass is 9.69. The molecule has 3 heterocycles. The quantitative estimate of drug-likeness (QED) is 0.359. The second-order valence-corrected chi connectivity index (χ2v) is 9.69. The number of nitrogens with zero attached hydrogens (tertiary/aromatic N) is 4. The molecule has 2 aliphatic rings. The fraction of sp³-hybridized carbons (Fsp3) is 0.200. The molecule has 39 heavy (non-hydrogen) atoms. The average molecular weight is 527 g/mol. The van der Waals surface area contributed by atoms with Crippen LogP contribution in [0.15, 0.2) is 78.9 Å². The number of benzene rings is 3. The molecule has 0 bridgehead atoms. The number of aryl methyl sites for hydroxylation is 2. The molecule has 2 atom stereocenters. The summed E-state index contributed by atoms with van der Waals surface area (Å²) >= 11 is 0. The summed E-state index contributed by atoms with van der Waals surface area (Å²) in [7, 11) is 0. The molecule has 9 heteroatoms. The van der Waals surface area contributed by atoms with E-state index in [1.165, 1.54) is 15.9 Å². The van der Waals surface area contributed by atoms with Gasteiger partial charge in [0, 0.05) is 22.5 Å². The first-order chi connectivity index (χ1) is 18.8. The van der Waals surface area contributed by atoms with Crippen LogP contribution in [0.1, 0.15) is 28.1 Å². The number of β-lactam (4-membered cyclic amide) rings is 1. The summed E-state index contributed by atoms with van der Waals surface area (Å²) < 4.78 is 35.6. The third-order valence-electron chi connectivity index (χ3n) is 7.27. The van der Waals surface area contributed by atoms with Crippen molar-refractivity contribution in [2.45, 2.75) is 32.0 Å². The van der Waals surface area contributed by atoms with E-state index in [4.69, 9.17) is 4.74 Å². The van der Waals surface area contributed by atoms with Gasteiger partial charge in [-0.25, -0.2) is 18.7 Å². The van der Waals surface area contributed by atoms with Crippen LogP contribution in [0.3, 0.4) is 0 Å². The summed E-state index contributed by atoms with van der Waals surface area (Å²) in [6.45, 7) is 2.96. The van der Waals surface area contributed by atoms with Crippen LogP contribution in [0.5, 0.6) is 6.01 Å². The number of hydrogen-bond donors (Lipinski definition) is 0. The highest BCUT2D eigenvalue weighted by molar-refractivity contribution is 6.04. The van der Waals surface area contributed by atoms with Crippen molar-refractivity contribution in [1.29, 1.82) is 0 Å². The Labute approximate surface area is 223 Å². The number of rotatable bonds is 5. The summed E-state index contributed by atoms with van der Waals surface area (Å²) in [6.07, 6.45) is -1.08. The Morgan fingerprint density at radius 1 is 0.897 bits per heavy atom. The maximum Gasteiger partial charge on any atom is 0.317 e. The Bertz CT molecular complexity index is 1570. The first-order valence-corrected chi connectivity index (χ1v) is 12.5. The summed E-state index contributed by atoms with van der Waals surface area (Å²) in [5.41, 5.74) is 1.66. The standard InChI is InChI=1S/C30H24F2N4O3/c1-18-15-19(2)34-29(33-18)39-27-28(38)36-17-26(37)35(16-21-23(31)12-8-13-24(21)32)25-14-7-6-11-22(25)30(27,36)20-9-4-3-5-10-20/h3-15,27H,16-17H2,1-2H3. The van der Waals surface area contributed by atoms with Gasteiger partial charge in [0.2, 0.25) is 12.0 Å². The lowest BCUT2D eigenvalue weighted by molar-refractivity contribution is -0.178. The molecular weight excluding hydrogens is 502 g/mol. The minimum atomic E-state index is -1.21. The lowest BCUT2D eigenvalue weighted by Crippen LogP contribution is -2.74. The van der Waals surface area contributed by atoms with Gasteiger partial charge in [0.15, 0.2) is 0 Å². The molecule has 7 nitrogen and oxygen atoms in total. The van der Waals surface area contributed by atoms with Crippen molar-refractivity contribution in [1.82, 2.24) is 14.9 Å². The fourth-order valence-electron chi connectivity index (χ4n) is 5.60. The maximum atomic E-state index is 14.7. The van der Waals surface area contributed by atoms with Gasteiger partial charge < -0.3 is 14.5 Å². The maximum absolute atomic E-state index is 14.7. The third-order valence-corrected chi connectivity index (χ3v) is 7.27. The molecule has 1 fully saturated rings. The largest absolute Gasteiger partial charge is 0.447 e. The number of halogens is 2. The molecule has 2 unspecified atom stereocenters. The molecule has 196 valence electrons. The van der Waals surface area contributed by atoms with Crippen LogP contribution in [0, 0.1) is 25.5 Å². The molecule has 2 amide bonds. The average Bonchev–Trinajstić information content (AvgIpc) is 3.01. The highest BCUT2D eigenvalue weighted by atomic mass is 19.1. The van der Waals surface area contributed by atoms with Gasteiger partial charge in [0.1, 0.15) is 23.7 Å². The minimum absolute atomic E-state index is 0.0548. The van der Waals surface area contributed by atoms with Gasteiger partial charge in [-0.3, -0.25) is 9.59 Å². The highest BCUT2D eigenvalue weighted by Gasteiger charge is 2.66. The molecular formula is C30H24F2N4O3. The van der Waals surface area contributed by atoms with Crippen LogP contribution in [-0.4, -0.2) is 39.3 Å². The van der Waals surface area contributed by atoms with E-state index in [2.05, 4.69) is 9.97 Å². The molecule has 3 aromatic carbocycles. The van der Waals surface area contributed by atoms with Crippen molar-refractivity contribution in [3.8, 4) is 6.01 Å². The number of ether oxygens (including phenoxy) is 1. The first-order valence-electron chi connectivity index (χ1n) is 12.5. The Balaban J connectivity index is 1.54. The van der Waals surface area contributed by atoms with E-state index in [1.807, 2.05) is 50.2 Å². The molecule has 0 radical (unpaired) electrons. The number of fused-ring (bicyclic) bond motifs is 3. The predicted octanol–water partition coefficient (Wildman–Crippen LogP) is 4.45. The number of para-hydroxylation sites is 1. The van der Waals surface area contributed by atoms with E-state index in [1.54, 1.807) is 24.3 Å². The van der Waals surface area contributed by atoms with Gasteiger partial charge in [-0.2, -0.15) is 0 Å². The zero-order valence-electron chi connectivity index (χ0n) is 21.3. The van der Waals surface area contributed by atoms with Gasteiger partial charge in [0.05, 0.1) is 12.2 Å². The number of amides is 2. The number of hydrogen-bond acceptors (Lipinski definition) is 5. The lowest BCUT2D eigenvalue weighted by Gasteiger charge is -2.55. The number of carbonyl (C=O) groups excluding carboxylic acids is 2. The smallest absolute Gasteiger partial charge is 0.317 e. The van der Waals surface area contributed by atoms with Crippen molar-refractivity contribution in [3.63, 3.8) is 0 Å². The topological polar surface area (TPSA) is 75.6 Å². The molecule has 0 N–H and O–H groups in total. The molecule has 1 aromatic heterocycles. The summed E-state index contributed by atoms with van der Waals surface area (Å²) in [6, 6.07) is 21.8. The van der Waals surface area contributed by atoms with Gasteiger partial charge in [-0.05, 0) is 43.7 Å². The number of anilines is 1. The van der Waals surface area contributed by atoms with E-state index >= 15 is 0 Å². The molecule has 2 aliphatic heterocycles. The Morgan fingerprint density at radius 3 is 2.23 bits per heavy atom. The van der Waals surface area contributed by atoms with Crippen molar-refractivity contribution in [3.05, 3.63) is 119 Å². The monoisotopic (exact) mass is 526 g/mol. The van der Waals surface area contributed by atoms with Crippen LogP contribution in [0.4, 0.5) is 14.5 Å². The van der Waals surface area contributed by atoms with Gasteiger partial charge in [-0.1, -0.05) is 54.6 Å². The molecule has 6 rings (SSSR count). The zero-order valence-corrected chi connectivity index (χ0v) is 21.3. The van der Waals surface area contributed by atoms with Crippen molar-refractivity contribution >= 4 is 17.5 Å². The van der Waals surface area contributed by atoms with Crippen LogP contribution >= 0.6 is 0 Å². The Morgan fingerprint density at radius 2 is 1.54 bits per heavy atom. The van der Waals surface area contributed by atoms with Crippen LogP contribution in [0.2, 0.25) is 0 Å². The second kappa shape index (κ2) is 9.27. The van der Waals surface area contributed by atoms with Gasteiger partial charge >= 0.3 is 6.01 Å². The van der Waals surface area contributed by atoms with Crippen LogP contribution in [-0.2, 0) is 21.7 Å². The Kier molecular flexibility index (Phi) is 5.86. The van der Waals surface area contributed by atoms with E-state index in [9.17, 15) is 18.4 Å².